The van der Waals surface area contributed by atoms with E-state index in [9.17, 15) is 4.79 Å². The SMILES string of the molecule is CCOc1ccc(OCC(=O)N2CCN(Cc3cccc(Cl)c3)CC2)cc1. The molecule has 1 aliphatic rings. The van der Waals surface area contributed by atoms with Crippen molar-refractivity contribution in [1.82, 2.24) is 9.80 Å². The molecule has 27 heavy (non-hydrogen) atoms. The minimum atomic E-state index is 0.0197. The number of halogens is 1. The fourth-order valence-corrected chi connectivity index (χ4v) is 3.30. The monoisotopic (exact) mass is 388 g/mol. The second kappa shape index (κ2) is 9.62. The van der Waals surface area contributed by atoms with Crippen LogP contribution < -0.4 is 9.47 Å². The summed E-state index contributed by atoms with van der Waals surface area (Å²) in [6.07, 6.45) is 0. The van der Waals surface area contributed by atoms with Crippen molar-refractivity contribution in [3.63, 3.8) is 0 Å². The molecule has 1 saturated heterocycles. The molecule has 144 valence electrons. The Morgan fingerprint density at radius 1 is 1.00 bits per heavy atom. The predicted octanol–water partition coefficient (Wildman–Crippen LogP) is 3.46. The zero-order valence-corrected chi connectivity index (χ0v) is 16.3. The number of hydrogen-bond acceptors (Lipinski definition) is 4. The highest BCUT2D eigenvalue weighted by atomic mass is 35.5. The zero-order chi connectivity index (χ0) is 19.1. The van der Waals surface area contributed by atoms with Gasteiger partial charge in [0.15, 0.2) is 6.61 Å². The van der Waals surface area contributed by atoms with Gasteiger partial charge in [-0.15, -0.1) is 0 Å². The van der Waals surface area contributed by atoms with Crippen molar-refractivity contribution in [2.75, 3.05) is 39.4 Å². The highest BCUT2D eigenvalue weighted by Crippen LogP contribution is 2.18. The lowest BCUT2D eigenvalue weighted by Crippen LogP contribution is -2.49. The van der Waals surface area contributed by atoms with Gasteiger partial charge in [0.25, 0.3) is 5.91 Å². The summed E-state index contributed by atoms with van der Waals surface area (Å²) in [5.74, 6) is 1.49. The van der Waals surface area contributed by atoms with Crippen LogP contribution in [-0.4, -0.2) is 55.1 Å². The van der Waals surface area contributed by atoms with Gasteiger partial charge in [-0.05, 0) is 48.9 Å². The maximum absolute atomic E-state index is 12.4. The van der Waals surface area contributed by atoms with Crippen LogP contribution in [0.3, 0.4) is 0 Å². The third-order valence-corrected chi connectivity index (χ3v) is 4.75. The molecular formula is C21H25ClN2O3. The lowest BCUT2D eigenvalue weighted by Gasteiger charge is -2.34. The van der Waals surface area contributed by atoms with Crippen LogP contribution in [0, 0.1) is 0 Å². The van der Waals surface area contributed by atoms with Gasteiger partial charge in [-0.1, -0.05) is 23.7 Å². The standard InChI is InChI=1S/C21H25ClN2O3/c1-2-26-19-6-8-20(9-7-19)27-16-21(25)24-12-10-23(11-13-24)15-17-4-3-5-18(22)14-17/h3-9,14H,2,10-13,15-16H2,1H3. The number of rotatable bonds is 7. The zero-order valence-electron chi connectivity index (χ0n) is 15.6. The normalized spacial score (nSPS) is 14.8. The molecule has 2 aromatic carbocycles. The molecule has 0 unspecified atom stereocenters. The molecule has 0 aliphatic carbocycles. The predicted molar refractivity (Wildman–Crippen MR) is 106 cm³/mol. The molecule has 6 heteroatoms. The Morgan fingerprint density at radius 3 is 2.30 bits per heavy atom. The van der Waals surface area contributed by atoms with Crippen molar-refractivity contribution in [2.24, 2.45) is 0 Å². The summed E-state index contributed by atoms with van der Waals surface area (Å²) in [5, 5.41) is 0.757. The van der Waals surface area contributed by atoms with Crippen molar-refractivity contribution in [3.05, 3.63) is 59.1 Å². The van der Waals surface area contributed by atoms with Crippen LogP contribution in [0.5, 0.6) is 11.5 Å². The smallest absolute Gasteiger partial charge is 0.260 e. The molecular weight excluding hydrogens is 364 g/mol. The number of carbonyl (C=O) groups excluding carboxylic acids is 1. The molecule has 1 amide bonds. The molecule has 3 rings (SSSR count). The van der Waals surface area contributed by atoms with Crippen LogP contribution in [0.15, 0.2) is 48.5 Å². The molecule has 0 N–H and O–H groups in total. The fourth-order valence-electron chi connectivity index (χ4n) is 3.08. The second-order valence-electron chi connectivity index (χ2n) is 6.48. The van der Waals surface area contributed by atoms with Gasteiger partial charge >= 0.3 is 0 Å². The number of ether oxygens (including phenoxy) is 2. The first-order chi connectivity index (χ1) is 13.1. The van der Waals surface area contributed by atoms with E-state index in [4.69, 9.17) is 21.1 Å². The largest absolute Gasteiger partial charge is 0.494 e. The topological polar surface area (TPSA) is 42.0 Å². The second-order valence-corrected chi connectivity index (χ2v) is 6.92. The van der Waals surface area contributed by atoms with E-state index in [1.54, 1.807) is 0 Å². The van der Waals surface area contributed by atoms with Crippen LogP contribution in [0.25, 0.3) is 0 Å². The Kier molecular flexibility index (Phi) is 6.96. The lowest BCUT2D eigenvalue weighted by atomic mass is 10.2. The molecule has 0 radical (unpaired) electrons. The van der Waals surface area contributed by atoms with E-state index in [1.165, 1.54) is 5.56 Å². The van der Waals surface area contributed by atoms with E-state index in [2.05, 4.69) is 11.0 Å². The number of benzene rings is 2. The van der Waals surface area contributed by atoms with Crippen LogP contribution >= 0.6 is 11.6 Å². The van der Waals surface area contributed by atoms with E-state index < -0.39 is 0 Å². The molecule has 1 fully saturated rings. The van der Waals surface area contributed by atoms with Crippen LogP contribution in [0.2, 0.25) is 5.02 Å². The molecule has 2 aromatic rings. The van der Waals surface area contributed by atoms with Gasteiger partial charge in [-0.25, -0.2) is 0 Å². The number of piperazine rings is 1. The Morgan fingerprint density at radius 2 is 1.67 bits per heavy atom. The van der Waals surface area contributed by atoms with Gasteiger partial charge in [0.1, 0.15) is 11.5 Å². The number of nitrogens with zero attached hydrogens (tertiary/aromatic N) is 2. The number of carbonyl (C=O) groups is 1. The van der Waals surface area contributed by atoms with Crippen molar-refractivity contribution in [2.45, 2.75) is 13.5 Å². The Hall–Kier alpha value is -2.24. The average Bonchev–Trinajstić information content (AvgIpc) is 2.68. The minimum Gasteiger partial charge on any atom is -0.494 e. The molecule has 0 saturated carbocycles. The van der Waals surface area contributed by atoms with Gasteiger partial charge in [0.2, 0.25) is 0 Å². The van der Waals surface area contributed by atoms with E-state index in [1.807, 2.05) is 54.3 Å². The fraction of sp³-hybridized carbons (Fsp3) is 0.381. The highest BCUT2D eigenvalue weighted by Gasteiger charge is 2.21. The molecule has 0 aromatic heterocycles. The van der Waals surface area contributed by atoms with E-state index >= 15 is 0 Å². The molecule has 1 aliphatic heterocycles. The minimum absolute atomic E-state index is 0.0197. The lowest BCUT2D eigenvalue weighted by molar-refractivity contribution is -0.135. The van der Waals surface area contributed by atoms with Crippen LogP contribution in [-0.2, 0) is 11.3 Å². The Balaban J connectivity index is 1.41. The Labute approximate surface area is 165 Å². The maximum Gasteiger partial charge on any atom is 0.260 e. The van der Waals surface area contributed by atoms with Crippen molar-refractivity contribution < 1.29 is 14.3 Å². The summed E-state index contributed by atoms with van der Waals surface area (Å²) >= 11 is 6.04. The van der Waals surface area contributed by atoms with Crippen molar-refractivity contribution in [3.8, 4) is 11.5 Å². The summed E-state index contributed by atoms with van der Waals surface area (Å²) in [7, 11) is 0. The van der Waals surface area contributed by atoms with Crippen LogP contribution in [0.1, 0.15) is 12.5 Å². The number of amides is 1. The molecule has 0 bridgehead atoms. The van der Waals surface area contributed by atoms with Crippen LogP contribution in [0.4, 0.5) is 0 Å². The van der Waals surface area contributed by atoms with E-state index in [-0.39, 0.29) is 12.5 Å². The quantitative estimate of drug-likeness (QED) is 0.728. The van der Waals surface area contributed by atoms with Crippen molar-refractivity contribution in [1.29, 1.82) is 0 Å². The summed E-state index contributed by atoms with van der Waals surface area (Å²) in [6, 6.07) is 15.2. The average molecular weight is 389 g/mol. The van der Waals surface area contributed by atoms with E-state index in [0.717, 1.165) is 30.4 Å². The van der Waals surface area contributed by atoms with Gasteiger partial charge in [0, 0.05) is 37.7 Å². The molecule has 0 atom stereocenters. The molecule has 5 nitrogen and oxygen atoms in total. The van der Waals surface area contributed by atoms with Gasteiger partial charge in [-0.3, -0.25) is 9.69 Å². The maximum atomic E-state index is 12.4. The third kappa shape index (κ3) is 5.88. The van der Waals surface area contributed by atoms with Crippen molar-refractivity contribution >= 4 is 17.5 Å². The first-order valence-electron chi connectivity index (χ1n) is 9.24. The first kappa shape index (κ1) is 19.5. The van der Waals surface area contributed by atoms with Gasteiger partial charge in [0.05, 0.1) is 6.61 Å². The van der Waals surface area contributed by atoms with E-state index in [0.29, 0.717) is 25.4 Å². The summed E-state index contributed by atoms with van der Waals surface area (Å²) < 4.78 is 11.0. The Bertz CT molecular complexity index is 743. The number of hydrogen-bond donors (Lipinski definition) is 0. The summed E-state index contributed by atoms with van der Waals surface area (Å²) in [5.41, 5.74) is 1.20. The van der Waals surface area contributed by atoms with Gasteiger partial charge in [-0.2, -0.15) is 0 Å². The molecule has 1 heterocycles. The summed E-state index contributed by atoms with van der Waals surface area (Å²) in [6.45, 7) is 6.61. The first-order valence-corrected chi connectivity index (χ1v) is 9.62. The molecule has 0 spiro atoms. The third-order valence-electron chi connectivity index (χ3n) is 4.52. The van der Waals surface area contributed by atoms with Gasteiger partial charge < -0.3 is 14.4 Å². The summed E-state index contributed by atoms with van der Waals surface area (Å²) in [4.78, 5) is 16.6. The highest BCUT2D eigenvalue weighted by molar-refractivity contribution is 6.30.